The summed E-state index contributed by atoms with van der Waals surface area (Å²) >= 11 is 0. The lowest BCUT2D eigenvalue weighted by atomic mass is 10.1. The van der Waals surface area contributed by atoms with Gasteiger partial charge in [0.15, 0.2) is 6.79 Å². The molecule has 0 bridgehead atoms. The molecular weight excluding hydrogens is 239 g/mol. The second-order valence-corrected chi connectivity index (χ2v) is 3.06. The number of hydroxylamine groups is 1. The van der Waals surface area contributed by atoms with Crippen molar-refractivity contribution in [3.8, 4) is 0 Å². The van der Waals surface area contributed by atoms with Gasteiger partial charge in [-0.2, -0.15) is 13.2 Å². The Labute approximate surface area is 95.3 Å². The Bertz CT molecular complexity index is 375. The molecule has 0 spiro atoms. The van der Waals surface area contributed by atoms with Crippen LogP contribution in [0.15, 0.2) is 24.3 Å². The van der Waals surface area contributed by atoms with E-state index in [-0.39, 0.29) is 12.4 Å². The normalized spacial score (nSPS) is 11.3. The average molecular weight is 249 g/mol. The molecule has 94 valence electrons. The van der Waals surface area contributed by atoms with E-state index in [1.165, 1.54) is 7.11 Å². The molecule has 0 heterocycles. The smallest absolute Gasteiger partial charge is 0.356 e. The zero-order chi connectivity index (χ0) is 12.9. The second kappa shape index (κ2) is 5.65. The monoisotopic (exact) mass is 249 g/mol. The molecule has 17 heavy (non-hydrogen) atoms. The minimum absolute atomic E-state index is 0.0640. The summed E-state index contributed by atoms with van der Waals surface area (Å²) in [4.78, 5) is 15.9. The summed E-state index contributed by atoms with van der Waals surface area (Å²) in [5.41, 5.74) is 1.26. The number of rotatable bonds is 4. The summed E-state index contributed by atoms with van der Waals surface area (Å²) < 4.78 is 41.2. The SMILES string of the molecule is COCONC(=O)c1ccc(C(F)(F)F)cc1. The van der Waals surface area contributed by atoms with Crippen molar-refractivity contribution in [2.45, 2.75) is 6.18 Å². The van der Waals surface area contributed by atoms with E-state index in [4.69, 9.17) is 0 Å². The Morgan fingerprint density at radius 3 is 2.35 bits per heavy atom. The van der Waals surface area contributed by atoms with E-state index in [1.54, 1.807) is 0 Å². The standard InChI is InChI=1S/C10H10F3NO3/c1-16-6-17-14-9(15)7-2-4-8(5-3-7)10(11,12)13/h2-5H,6H2,1H3,(H,14,15). The zero-order valence-corrected chi connectivity index (χ0v) is 8.88. The molecule has 1 rings (SSSR count). The lowest BCUT2D eigenvalue weighted by Gasteiger charge is -2.08. The maximum absolute atomic E-state index is 12.2. The molecule has 0 saturated carbocycles. The first kappa shape index (κ1) is 13.5. The van der Waals surface area contributed by atoms with E-state index in [9.17, 15) is 18.0 Å². The molecular formula is C10H10F3NO3. The van der Waals surface area contributed by atoms with Crippen LogP contribution in [-0.4, -0.2) is 19.8 Å². The number of nitrogens with one attached hydrogen (secondary N) is 1. The summed E-state index contributed by atoms with van der Waals surface area (Å²) in [6, 6.07) is 3.78. The number of carbonyl (C=O) groups is 1. The first-order chi connectivity index (χ1) is 7.95. The summed E-state index contributed by atoms with van der Waals surface area (Å²) in [5.74, 6) is -0.643. The molecule has 0 atom stereocenters. The predicted molar refractivity (Wildman–Crippen MR) is 51.9 cm³/mol. The van der Waals surface area contributed by atoms with Crippen LogP contribution in [0, 0.1) is 0 Å². The van der Waals surface area contributed by atoms with Crippen molar-refractivity contribution in [3.05, 3.63) is 35.4 Å². The Balaban J connectivity index is 2.64. The van der Waals surface area contributed by atoms with Crippen LogP contribution >= 0.6 is 0 Å². The largest absolute Gasteiger partial charge is 0.416 e. The molecule has 1 N–H and O–H groups in total. The van der Waals surface area contributed by atoms with Gasteiger partial charge in [-0.1, -0.05) is 0 Å². The maximum atomic E-state index is 12.2. The third-order valence-corrected chi connectivity index (χ3v) is 1.82. The zero-order valence-electron chi connectivity index (χ0n) is 8.88. The van der Waals surface area contributed by atoms with Gasteiger partial charge in [0.05, 0.1) is 5.56 Å². The van der Waals surface area contributed by atoms with E-state index >= 15 is 0 Å². The number of amides is 1. The Morgan fingerprint density at radius 1 is 1.29 bits per heavy atom. The summed E-state index contributed by atoms with van der Waals surface area (Å²) in [5, 5.41) is 0. The molecule has 0 aliphatic carbocycles. The number of benzene rings is 1. The van der Waals surface area contributed by atoms with E-state index in [0.717, 1.165) is 24.3 Å². The number of hydrogen-bond acceptors (Lipinski definition) is 3. The predicted octanol–water partition coefficient (Wildman–Crippen LogP) is 1.97. The Kier molecular flexibility index (Phi) is 4.47. The van der Waals surface area contributed by atoms with E-state index < -0.39 is 17.6 Å². The lowest BCUT2D eigenvalue weighted by Crippen LogP contribution is -2.24. The second-order valence-electron chi connectivity index (χ2n) is 3.06. The van der Waals surface area contributed by atoms with Crippen molar-refractivity contribution in [2.24, 2.45) is 0 Å². The topological polar surface area (TPSA) is 47.6 Å². The summed E-state index contributed by atoms with van der Waals surface area (Å²) in [7, 11) is 1.37. The highest BCUT2D eigenvalue weighted by Crippen LogP contribution is 2.28. The number of alkyl halides is 3. The number of methoxy groups -OCH3 is 1. The molecule has 0 aromatic heterocycles. The molecule has 0 unspecified atom stereocenters. The average Bonchev–Trinajstić information content (AvgIpc) is 2.28. The number of carbonyl (C=O) groups excluding carboxylic acids is 1. The molecule has 1 aromatic carbocycles. The van der Waals surface area contributed by atoms with Crippen LogP contribution in [0.1, 0.15) is 15.9 Å². The van der Waals surface area contributed by atoms with E-state index in [2.05, 4.69) is 9.57 Å². The molecule has 0 radical (unpaired) electrons. The third kappa shape index (κ3) is 4.04. The quantitative estimate of drug-likeness (QED) is 0.504. The molecule has 7 heteroatoms. The van der Waals surface area contributed by atoms with E-state index in [1.807, 2.05) is 5.48 Å². The highest BCUT2D eigenvalue weighted by molar-refractivity contribution is 5.93. The highest BCUT2D eigenvalue weighted by atomic mass is 19.4. The van der Waals surface area contributed by atoms with Crippen LogP contribution in [0.25, 0.3) is 0 Å². The van der Waals surface area contributed by atoms with Gasteiger partial charge in [0, 0.05) is 12.7 Å². The fourth-order valence-corrected chi connectivity index (χ4v) is 1.02. The van der Waals surface area contributed by atoms with Gasteiger partial charge in [0.2, 0.25) is 0 Å². The van der Waals surface area contributed by atoms with Crippen LogP contribution in [0.2, 0.25) is 0 Å². The van der Waals surface area contributed by atoms with Crippen molar-refractivity contribution < 1.29 is 27.5 Å². The Hall–Kier alpha value is -1.60. The van der Waals surface area contributed by atoms with Gasteiger partial charge >= 0.3 is 6.18 Å². The van der Waals surface area contributed by atoms with Crippen LogP contribution in [0.5, 0.6) is 0 Å². The fraction of sp³-hybridized carbons (Fsp3) is 0.300. The summed E-state index contributed by atoms with van der Waals surface area (Å²) in [6.07, 6.45) is -4.42. The van der Waals surface area contributed by atoms with Gasteiger partial charge in [-0.05, 0) is 24.3 Å². The van der Waals surface area contributed by atoms with Crippen molar-refractivity contribution in [1.82, 2.24) is 5.48 Å². The summed E-state index contributed by atoms with van der Waals surface area (Å²) in [6.45, 7) is -0.146. The van der Waals surface area contributed by atoms with E-state index in [0.29, 0.717) is 0 Å². The molecule has 0 fully saturated rings. The number of hydrogen-bond donors (Lipinski definition) is 1. The molecule has 1 amide bonds. The van der Waals surface area contributed by atoms with Crippen molar-refractivity contribution in [1.29, 1.82) is 0 Å². The fourth-order valence-electron chi connectivity index (χ4n) is 1.02. The molecule has 0 aliphatic heterocycles. The number of halogens is 3. The van der Waals surface area contributed by atoms with Gasteiger partial charge in [-0.15, -0.1) is 0 Å². The van der Waals surface area contributed by atoms with Gasteiger partial charge in [0.25, 0.3) is 5.91 Å². The Morgan fingerprint density at radius 2 is 1.88 bits per heavy atom. The van der Waals surface area contributed by atoms with Crippen LogP contribution < -0.4 is 5.48 Å². The van der Waals surface area contributed by atoms with Crippen LogP contribution in [0.4, 0.5) is 13.2 Å². The maximum Gasteiger partial charge on any atom is 0.416 e. The number of ether oxygens (including phenoxy) is 1. The molecule has 0 aliphatic rings. The van der Waals surface area contributed by atoms with Crippen molar-refractivity contribution in [2.75, 3.05) is 13.9 Å². The van der Waals surface area contributed by atoms with Gasteiger partial charge in [-0.3, -0.25) is 4.79 Å². The third-order valence-electron chi connectivity index (χ3n) is 1.82. The molecule has 1 aromatic rings. The van der Waals surface area contributed by atoms with Gasteiger partial charge < -0.3 is 4.74 Å². The van der Waals surface area contributed by atoms with Crippen molar-refractivity contribution >= 4 is 5.91 Å². The first-order valence-electron chi connectivity index (χ1n) is 4.53. The van der Waals surface area contributed by atoms with Crippen LogP contribution in [-0.2, 0) is 15.8 Å². The minimum atomic E-state index is -4.42. The van der Waals surface area contributed by atoms with Gasteiger partial charge in [0.1, 0.15) is 0 Å². The molecule has 4 nitrogen and oxygen atoms in total. The van der Waals surface area contributed by atoms with Gasteiger partial charge in [-0.25, -0.2) is 10.3 Å². The van der Waals surface area contributed by atoms with Crippen LogP contribution in [0.3, 0.4) is 0 Å². The molecule has 0 saturated heterocycles. The van der Waals surface area contributed by atoms with Crippen molar-refractivity contribution in [3.63, 3.8) is 0 Å². The highest BCUT2D eigenvalue weighted by Gasteiger charge is 2.30. The first-order valence-corrected chi connectivity index (χ1v) is 4.53. The minimum Gasteiger partial charge on any atom is -0.356 e. The lowest BCUT2D eigenvalue weighted by molar-refractivity contribution is -0.137.